The minimum absolute atomic E-state index is 0.0472. The Morgan fingerprint density at radius 2 is 2.33 bits per heavy atom. The van der Waals surface area contributed by atoms with Crippen molar-refractivity contribution in [3.05, 3.63) is 0 Å². The van der Waals surface area contributed by atoms with Crippen molar-refractivity contribution < 1.29 is 4.79 Å². The van der Waals surface area contributed by atoms with Crippen molar-refractivity contribution in [3.8, 4) is 6.07 Å². The number of rotatable bonds is 6. The predicted molar refractivity (Wildman–Crippen MR) is 70.9 cm³/mol. The van der Waals surface area contributed by atoms with Crippen LogP contribution >= 0.6 is 0 Å². The molecule has 1 saturated heterocycles. The van der Waals surface area contributed by atoms with Gasteiger partial charge in [0.1, 0.15) is 6.54 Å². The lowest BCUT2D eigenvalue weighted by atomic mass is 9.98. The van der Waals surface area contributed by atoms with E-state index in [-0.39, 0.29) is 12.5 Å². The summed E-state index contributed by atoms with van der Waals surface area (Å²) in [5.41, 5.74) is 0. The van der Waals surface area contributed by atoms with Crippen LogP contribution in [0.1, 0.15) is 26.7 Å². The molecule has 102 valence electrons. The van der Waals surface area contributed by atoms with Gasteiger partial charge < -0.3 is 10.6 Å². The number of hydrogen-bond donors (Lipinski definition) is 2. The normalized spacial score (nSPS) is 20.7. The first-order chi connectivity index (χ1) is 8.61. The summed E-state index contributed by atoms with van der Waals surface area (Å²) in [7, 11) is 0. The molecule has 1 rings (SSSR count). The highest BCUT2D eigenvalue weighted by molar-refractivity contribution is 5.78. The lowest BCUT2D eigenvalue weighted by molar-refractivity contribution is -0.122. The van der Waals surface area contributed by atoms with Gasteiger partial charge in [-0.2, -0.15) is 5.26 Å². The molecular weight excluding hydrogens is 228 g/mol. The fourth-order valence-electron chi connectivity index (χ4n) is 2.26. The molecule has 1 atom stereocenters. The van der Waals surface area contributed by atoms with E-state index in [1.807, 2.05) is 6.07 Å². The molecule has 0 bridgehead atoms. The Kier molecular flexibility index (Phi) is 6.69. The molecule has 1 heterocycles. The highest BCUT2D eigenvalue weighted by atomic mass is 16.2. The number of nitriles is 1. The average Bonchev–Trinajstić information content (AvgIpc) is 2.34. The summed E-state index contributed by atoms with van der Waals surface area (Å²) in [5.74, 6) is 0.582. The van der Waals surface area contributed by atoms with Gasteiger partial charge in [-0.3, -0.25) is 9.69 Å². The Balaban J connectivity index is 2.26. The van der Waals surface area contributed by atoms with E-state index in [1.165, 1.54) is 6.42 Å². The summed E-state index contributed by atoms with van der Waals surface area (Å²) in [5, 5.41) is 14.4. The Morgan fingerprint density at radius 3 is 3.00 bits per heavy atom. The number of carbonyl (C=O) groups is 1. The molecule has 18 heavy (non-hydrogen) atoms. The van der Waals surface area contributed by atoms with Gasteiger partial charge >= 0.3 is 0 Å². The summed E-state index contributed by atoms with van der Waals surface area (Å²) < 4.78 is 0. The van der Waals surface area contributed by atoms with Crippen LogP contribution in [0.5, 0.6) is 0 Å². The third-order valence-corrected chi connectivity index (χ3v) is 3.15. The topological polar surface area (TPSA) is 68.2 Å². The highest BCUT2D eigenvalue weighted by Crippen LogP contribution is 2.15. The molecule has 1 fully saturated rings. The van der Waals surface area contributed by atoms with E-state index >= 15 is 0 Å². The Bertz CT molecular complexity index is 298. The Labute approximate surface area is 110 Å². The molecule has 2 N–H and O–H groups in total. The quantitative estimate of drug-likeness (QED) is 0.669. The summed E-state index contributed by atoms with van der Waals surface area (Å²) in [6.45, 7) is 7.79. The van der Waals surface area contributed by atoms with Crippen LogP contribution in [-0.4, -0.2) is 49.6 Å². The van der Waals surface area contributed by atoms with Gasteiger partial charge in [0.15, 0.2) is 0 Å². The molecule has 0 aromatic carbocycles. The van der Waals surface area contributed by atoms with Gasteiger partial charge in [0.05, 0.1) is 12.6 Å². The van der Waals surface area contributed by atoms with Gasteiger partial charge in [-0.1, -0.05) is 13.8 Å². The van der Waals surface area contributed by atoms with Crippen molar-refractivity contribution in [2.45, 2.75) is 32.7 Å². The lowest BCUT2D eigenvalue weighted by Gasteiger charge is -2.32. The van der Waals surface area contributed by atoms with Crippen LogP contribution in [0.15, 0.2) is 0 Å². The second-order valence-electron chi connectivity index (χ2n) is 5.24. The fourth-order valence-corrected chi connectivity index (χ4v) is 2.26. The predicted octanol–water partition coefficient (Wildman–Crippen LogP) is 0.336. The second-order valence-corrected chi connectivity index (χ2v) is 5.24. The van der Waals surface area contributed by atoms with E-state index in [1.54, 1.807) is 0 Å². The zero-order valence-corrected chi connectivity index (χ0v) is 11.4. The summed E-state index contributed by atoms with van der Waals surface area (Å²) in [6.07, 6.45) is 2.38. The summed E-state index contributed by atoms with van der Waals surface area (Å²) in [6, 6.07) is 2.43. The van der Waals surface area contributed by atoms with Crippen LogP contribution < -0.4 is 10.6 Å². The minimum atomic E-state index is -0.0472. The van der Waals surface area contributed by atoms with Crippen LogP contribution in [0.4, 0.5) is 0 Å². The first-order valence-electron chi connectivity index (χ1n) is 6.71. The molecule has 5 heteroatoms. The molecule has 0 saturated carbocycles. The van der Waals surface area contributed by atoms with Crippen LogP contribution in [0.3, 0.4) is 0 Å². The molecule has 1 unspecified atom stereocenters. The lowest BCUT2D eigenvalue weighted by Crippen LogP contribution is -2.45. The van der Waals surface area contributed by atoms with Crippen molar-refractivity contribution in [3.63, 3.8) is 0 Å². The maximum absolute atomic E-state index is 11.5. The van der Waals surface area contributed by atoms with Gasteiger partial charge in [-0.15, -0.1) is 0 Å². The van der Waals surface area contributed by atoms with Gasteiger partial charge in [0.25, 0.3) is 0 Å². The fraction of sp³-hybridized carbons (Fsp3) is 0.846. The van der Waals surface area contributed by atoms with E-state index < -0.39 is 0 Å². The summed E-state index contributed by atoms with van der Waals surface area (Å²) >= 11 is 0. The number of likely N-dealkylation sites (tertiary alicyclic amines) is 1. The van der Waals surface area contributed by atoms with Gasteiger partial charge in [0, 0.05) is 12.6 Å². The van der Waals surface area contributed by atoms with Crippen molar-refractivity contribution >= 4 is 5.91 Å². The minimum Gasteiger partial charge on any atom is -0.342 e. The Hall–Kier alpha value is -1.12. The first kappa shape index (κ1) is 14.9. The molecule has 1 aliphatic rings. The largest absolute Gasteiger partial charge is 0.342 e. The zero-order valence-electron chi connectivity index (χ0n) is 11.4. The molecule has 5 nitrogen and oxygen atoms in total. The average molecular weight is 252 g/mol. The van der Waals surface area contributed by atoms with Crippen molar-refractivity contribution in [1.29, 1.82) is 5.26 Å². The maximum Gasteiger partial charge on any atom is 0.235 e. The number of nitrogens with one attached hydrogen (secondary N) is 2. The van der Waals surface area contributed by atoms with Crippen molar-refractivity contribution in [1.82, 2.24) is 15.5 Å². The summed E-state index contributed by atoms with van der Waals surface area (Å²) in [4.78, 5) is 13.7. The Morgan fingerprint density at radius 1 is 1.56 bits per heavy atom. The van der Waals surface area contributed by atoms with Crippen molar-refractivity contribution in [2.75, 3.05) is 32.7 Å². The van der Waals surface area contributed by atoms with Crippen molar-refractivity contribution in [2.24, 2.45) is 5.92 Å². The third kappa shape index (κ3) is 5.99. The number of carbonyl (C=O) groups excluding carboxylic acids is 1. The smallest absolute Gasteiger partial charge is 0.235 e. The van der Waals surface area contributed by atoms with E-state index in [2.05, 4.69) is 29.4 Å². The number of hydrogen-bond acceptors (Lipinski definition) is 4. The molecular formula is C13H24N4O. The monoisotopic (exact) mass is 252 g/mol. The second kappa shape index (κ2) is 8.06. The SMILES string of the molecule is CC(C)NCC1CCCN(CC(=O)NCC#N)C1. The molecule has 1 amide bonds. The van der Waals surface area contributed by atoms with Gasteiger partial charge in [-0.25, -0.2) is 0 Å². The molecule has 0 radical (unpaired) electrons. The maximum atomic E-state index is 11.5. The zero-order chi connectivity index (χ0) is 13.4. The highest BCUT2D eigenvalue weighted by Gasteiger charge is 2.21. The van der Waals surface area contributed by atoms with Crippen LogP contribution in [-0.2, 0) is 4.79 Å². The molecule has 0 aromatic rings. The molecule has 1 aliphatic heterocycles. The van der Waals surface area contributed by atoms with Crippen LogP contribution in [0.2, 0.25) is 0 Å². The van der Waals surface area contributed by atoms with E-state index in [4.69, 9.17) is 5.26 Å². The molecule has 0 spiro atoms. The van der Waals surface area contributed by atoms with E-state index in [0.29, 0.717) is 18.5 Å². The van der Waals surface area contributed by atoms with E-state index in [0.717, 1.165) is 26.1 Å². The third-order valence-electron chi connectivity index (χ3n) is 3.15. The number of nitrogens with zero attached hydrogens (tertiary/aromatic N) is 2. The molecule has 0 aliphatic carbocycles. The van der Waals surface area contributed by atoms with Gasteiger partial charge in [0.2, 0.25) is 5.91 Å². The number of piperidine rings is 1. The standard InChI is InChI=1S/C13H24N4O/c1-11(2)16-8-12-4-3-7-17(9-12)10-13(18)15-6-5-14/h11-12,16H,3-4,6-10H2,1-2H3,(H,15,18). The van der Waals surface area contributed by atoms with Crippen LogP contribution in [0, 0.1) is 17.2 Å². The molecule has 0 aromatic heterocycles. The van der Waals surface area contributed by atoms with E-state index in [9.17, 15) is 4.79 Å². The van der Waals surface area contributed by atoms with Crippen LogP contribution in [0.25, 0.3) is 0 Å². The first-order valence-corrected chi connectivity index (χ1v) is 6.71. The number of amides is 1. The van der Waals surface area contributed by atoms with Gasteiger partial charge in [-0.05, 0) is 31.8 Å².